The fourth-order valence-electron chi connectivity index (χ4n) is 1.84. The Balaban J connectivity index is 0. The van der Waals surface area contributed by atoms with Crippen molar-refractivity contribution in [1.82, 2.24) is 5.32 Å². The molecule has 0 bridgehead atoms. The Hall–Kier alpha value is 0.759. The van der Waals surface area contributed by atoms with E-state index in [1.807, 2.05) is 11.8 Å². The molecule has 0 saturated heterocycles. The van der Waals surface area contributed by atoms with Crippen molar-refractivity contribution in [2.75, 3.05) is 12.3 Å². The molecule has 0 fully saturated rings. The Morgan fingerprint density at radius 2 is 1.37 bits per heavy atom. The summed E-state index contributed by atoms with van der Waals surface area (Å²) in [6.45, 7) is 5.57. The van der Waals surface area contributed by atoms with Crippen LogP contribution in [0.5, 0.6) is 0 Å². The Labute approximate surface area is 140 Å². The average molecular weight is 353 g/mol. The first-order valence-corrected chi connectivity index (χ1v) is 9.11. The second-order valence-corrected chi connectivity index (χ2v) is 6.66. The van der Waals surface area contributed by atoms with Crippen LogP contribution in [-0.2, 0) is 17.1 Å². The van der Waals surface area contributed by atoms with Crippen molar-refractivity contribution in [3.05, 3.63) is 0 Å². The van der Waals surface area contributed by atoms with Crippen LogP contribution >= 0.6 is 24.0 Å². The molecule has 119 valence electrons. The molecule has 0 rings (SSSR count). The zero-order valence-corrected chi connectivity index (χ0v) is 15.2. The first kappa shape index (κ1) is 22.0. The third-order valence-electron chi connectivity index (χ3n) is 3.03. The van der Waals surface area contributed by atoms with Gasteiger partial charge in [-0.15, -0.1) is 0 Å². The van der Waals surface area contributed by atoms with E-state index < -0.39 is 0 Å². The summed E-state index contributed by atoms with van der Waals surface area (Å²) in [7, 11) is 0. The van der Waals surface area contributed by atoms with E-state index in [1.165, 1.54) is 70.0 Å². The first-order chi connectivity index (χ1) is 8.81. The molecule has 0 atom stereocenters. The minimum atomic E-state index is 0. The van der Waals surface area contributed by atoms with Gasteiger partial charge in [0.25, 0.3) is 0 Å². The van der Waals surface area contributed by atoms with E-state index in [-0.39, 0.29) is 17.1 Å². The molecule has 0 aromatic rings. The Morgan fingerprint density at radius 1 is 0.842 bits per heavy atom. The molecule has 0 saturated carbocycles. The van der Waals surface area contributed by atoms with Crippen LogP contribution in [-0.4, -0.2) is 16.6 Å². The van der Waals surface area contributed by atoms with Crippen LogP contribution in [0.2, 0.25) is 0 Å². The largest absolute Gasteiger partial charge is 0.371 e. The fourth-order valence-corrected chi connectivity index (χ4v) is 2.93. The maximum Gasteiger partial charge on any atom is 0.133 e. The van der Waals surface area contributed by atoms with Gasteiger partial charge in [0, 0.05) is 29.4 Å². The van der Waals surface area contributed by atoms with Crippen LogP contribution in [0, 0.1) is 0 Å². The first-order valence-electron chi connectivity index (χ1n) is 7.71. The zero-order chi connectivity index (χ0) is 13.5. The minimum Gasteiger partial charge on any atom is -0.371 e. The number of rotatable bonds is 12. The summed E-state index contributed by atoms with van der Waals surface area (Å²) in [6.07, 6.45) is 13.4. The Kier molecular flexibility index (Phi) is 21.8. The summed E-state index contributed by atoms with van der Waals surface area (Å²) < 4.78 is 1.00. The number of thiocarbonyl (C=S) groups is 1. The SMILES string of the molecule is CCCCCCCNC(=S)SCCCCCCC.[Cu]. The van der Waals surface area contributed by atoms with Gasteiger partial charge in [-0.25, -0.2) is 0 Å². The standard InChI is InChI=1S/C15H31NS2.Cu/c1-3-5-7-9-11-13-16-15(17)18-14-12-10-8-6-4-2;/h3-14H2,1-2H3,(H,16,17);. The van der Waals surface area contributed by atoms with Gasteiger partial charge in [-0.2, -0.15) is 0 Å². The van der Waals surface area contributed by atoms with E-state index in [4.69, 9.17) is 12.2 Å². The molecule has 0 aromatic carbocycles. The van der Waals surface area contributed by atoms with Crippen LogP contribution < -0.4 is 5.32 Å². The van der Waals surface area contributed by atoms with Crippen molar-refractivity contribution >= 4 is 28.3 Å². The molecule has 0 aliphatic heterocycles. The predicted octanol–water partition coefficient (Wildman–Crippen LogP) is 5.53. The van der Waals surface area contributed by atoms with Crippen LogP contribution in [0.1, 0.15) is 78.1 Å². The van der Waals surface area contributed by atoms with Crippen molar-refractivity contribution in [2.24, 2.45) is 0 Å². The molecule has 0 aromatic heterocycles. The van der Waals surface area contributed by atoms with Gasteiger partial charge in [-0.3, -0.25) is 0 Å². The van der Waals surface area contributed by atoms with Gasteiger partial charge in [-0.1, -0.05) is 89.2 Å². The molecule has 0 amide bonds. The maximum absolute atomic E-state index is 5.31. The van der Waals surface area contributed by atoms with Crippen molar-refractivity contribution in [3.8, 4) is 0 Å². The topological polar surface area (TPSA) is 12.0 Å². The minimum absolute atomic E-state index is 0. The van der Waals surface area contributed by atoms with Gasteiger partial charge in [0.15, 0.2) is 0 Å². The molecule has 0 aliphatic rings. The summed E-state index contributed by atoms with van der Waals surface area (Å²) >= 11 is 7.13. The number of unbranched alkanes of at least 4 members (excludes halogenated alkanes) is 8. The third kappa shape index (κ3) is 18.8. The van der Waals surface area contributed by atoms with Gasteiger partial charge in [-0.05, 0) is 12.8 Å². The molecular weight excluding hydrogens is 322 g/mol. The summed E-state index contributed by atoms with van der Waals surface area (Å²) in [4.78, 5) is 0. The van der Waals surface area contributed by atoms with E-state index in [2.05, 4.69) is 19.2 Å². The summed E-state index contributed by atoms with van der Waals surface area (Å²) in [5.74, 6) is 1.19. The van der Waals surface area contributed by atoms with E-state index in [0.29, 0.717) is 0 Å². The van der Waals surface area contributed by atoms with E-state index >= 15 is 0 Å². The summed E-state index contributed by atoms with van der Waals surface area (Å²) in [5, 5.41) is 3.36. The van der Waals surface area contributed by atoms with Crippen LogP contribution in [0.4, 0.5) is 0 Å². The molecule has 0 spiro atoms. The molecule has 1 nitrogen and oxygen atoms in total. The quantitative estimate of drug-likeness (QED) is 0.281. The van der Waals surface area contributed by atoms with Crippen molar-refractivity contribution in [1.29, 1.82) is 0 Å². The fraction of sp³-hybridized carbons (Fsp3) is 0.933. The molecule has 0 heterocycles. The van der Waals surface area contributed by atoms with Crippen molar-refractivity contribution < 1.29 is 17.1 Å². The van der Waals surface area contributed by atoms with Crippen molar-refractivity contribution in [2.45, 2.75) is 78.1 Å². The molecule has 1 N–H and O–H groups in total. The summed E-state index contributed by atoms with van der Waals surface area (Å²) in [6, 6.07) is 0. The van der Waals surface area contributed by atoms with Crippen LogP contribution in [0.3, 0.4) is 0 Å². The number of nitrogens with one attached hydrogen (secondary N) is 1. The second-order valence-electron chi connectivity index (χ2n) is 4.89. The molecule has 19 heavy (non-hydrogen) atoms. The van der Waals surface area contributed by atoms with E-state index in [1.54, 1.807) is 0 Å². The molecule has 0 aliphatic carbocycles. The second kappa shape index (κ2) is 18.8. The summed E-state index contributed by atoms with van der Waals surface area (Å²) in [5.41, 5.74) is 0. The third-order valence-corrected chi connectivity index (χ3v) is 4.43. The van der Waals surface area contributed by atoms with Gasteiger partial charge >= 0.3 is 0 Å². The van der Waals surface area contributed by atoms with E-state index in [9.17, 15) is 0 Å². The van der Waals surface area contributed by atoms with Crippen LogP contribution in [0.15, 0.2) is 0 Å². The predicted molar refractivity (Wildman–Crippen MR) is 90.6 cm³/mol. The van der Waals surface area contributed by atoms with Gasteiger partial charge in [0.1, 0.15) is 4.32 Å². The number of hydrogen-bond donors (Lipinski definition) is 1. The average Bonchev–Trinajstić information content (AvgIpc) is 2.38. The molecule has 1 radical (unpaired) electrons. The van der Waals surface area contributed by atoms with E-state index in [0.717, 1.165) is 10.9 Å². The van der Waals surface area contributed by atoms with Crippen LogP contribution in [0.25, 0.3) is 0 Å². The molecule has 4 heteroatoms. The normalized spacial score (nSPS) is 10.0. The van der Waals surface area contributed by atoms with Gasteiger partial charge in [0.05, 0.1) is 0 Å². The number of thioether (sulfide) groups is 1. The van der Waals surface area contributed by atoms with Crippen molar-refractivity contribution in [3.63, 3.8) is 0 Å². The monoisotopic (exact) mass is 352 g/mol. The zero-order valence-electron chi connectivity index (χ0n) is 12.6. The van der Waals surface area contributed by atoms with Gasteiger partial charge < -0.3 is 5.32 Å². The Morgan fingerprint density at radius 3 is 1.95 bits per heavy atom. The molecular formula is C15H31CuNS2. The maximum atomic E-state index is 5.31. The molecule has 0 unspecified atom stereocenters. The van der Waals surface area contributed by atoms with Gasteiger partial charge in [0.2, 0.25) is 0 Å². The Bertz CT molecular complexity index is 171. The number of hydrogen-bond acceptors (Lipinski definition) is 2. The smallest absolute Gasteiger partial charge is 0.133 e.